The van der Waals surface area contributed by atoms with Gasteiger partial charge in [-0.25, -0.2) is 4.98 Å². The second kappa shape index (κ2) is 7.61. The maximum Gasteiger partial charge on any atom is 0.248 e. The van der Waals surface area contributed by atoms with Crippen molar-refractivity contribution in [1.29, 1.82) is 0 Å². The van der Waals surface area contributed by atoms with Crippen LogP contribution in [-0.2, 0) is 11.3 Å². The first kappa shape index (κ1) is 18.6. The Hall–Kier alpha value is -3.15. The molecule has 3 rings (SSSR count). The summed E-state index contributed by atoms with van der Waals surface area (Å²) in [6.07, 6.45) is 13.3. The van der Waals surface area contributed by atoms with Gasteiger partial charge in [0, 0.05) is 24.5 Å². The molecule has 1 aromatic carbocycles. The maximum absolute atomic E-state index is 12.2. The molecular formula is C21H24N4O2. The van der Waals surface area contributed by atoms with Crippen LogP contribution in [0.2, 0.25) is 0 Å². The van der Waals surface area contributed by atoms with Gasteiger partial charge in [0.15, 0.2) is 0 Å². The summed E-state index contributed by atoms with van der Waals surface area (Å²) in [6, 6.07) is 5.40. The molecule has 0 aliphatic heterocycles. The summed E-state index contributed by atoms with van der Waals surface area (Å²) >= 11 is 0. The molecule has 0 fully saturated rings. The quantitative estimate of drug-likeness (QED) is 0.789. The number of primary amides is 2. The predicted molar refractivity (Wildman–Crippen MR) is 105 cm³/mol. The van der Waals surface area contributed by atoms with Crippen LogP contribution in [0.1, 0.15) is 40.7 Å². The molecule has 27 heavy (non-hydrogen) atoms. The fraction of sp³-hybridized carbons (Fsp3) is 0.286. The molecule has 6 nitrogen and oxygen atoms in total. The number of carbonyl (C=O) groups excluding carboxylic acids is 2. The molecule has 2 amide bonds. The first-order valence-electron chi connectivity index (χ1n) is 8.97. The van der Waals surface area contributed by atoms with E-state index in [1.54, 1.807) is 24.7 Å². The van der Waals surface area contributed by atoms with E-state index in [0.717, 1.165) is 29.7 Å². The number of nitrogens with zero attached hydrogens (tertiary/aromatic N) is 2. The second-order valence-corrected chi connectivity index (χ2v) is 7.02. The molecule has 0 bridgehead atoms. The molecular weight excluding hydrogens is 340 g/mol. The van der Waals surface area contributed by atoms with Crippen molar-refractivity contribution in [2.75, 3.05) is 0 Å². The first-order valence-corrected chi connectivity index (χ1v) is 8.97. The summed E-state index contributed by atoms with van der Waals surface area (Å²) in [6.45, 7) is 2.77. The minimum absolute atomic E-state index is 0.317. The van der Waals surface area contributed by atoms with Crippen LogP contribution in [0.5, 0.6) is 0 Å². The Kier molecular flexibility index (Phi) is 5.26. The van der Waals surface area contributed by atoms with E-state index in [4.69, 9.17) is 11.5 Å². The lowest BCUT2D eigenvalue weighted by Gasteiger charge is -2.29. The van der Waals surface area contributed by atoms with Crippen LogP contribution in [0.25, 0.3) is 5.57 Å². The molecule has 1 unspecified atom stereocenters. The second-order valence-electron chi connectivity index (χ2n) is 7.02. The summed E-state index contributed by atoms with van der Waals surface area (Å²) in [5.74, 6) is -0.773. The van der Waals surface area contributed by atoms with E-state index in [-0.39, 0.29) is 5.91 Å². The van der Waals surface area contributed by atoms with Gasteiger partial charge in [-0.2, -0.15) is 0 Å². The Morgan fingerprint density at radius 3 is 2.70 bits per heavy atom. The fourth-order valence-corrected chi connectivity index (χ4v) is 3.45. The number of carbonyl (C=O) groups is 2. The third-order valence-corrected chi connectivity index (χ3v) is 5.19. The Morgan fingerprint density at radius 2 is 2.11 bits per heavy atom. The van der Waals surface area contributed by atoms with Crippen molar-refractivity contribution >= 4 is 17.4 Å². The highest BCUT2D eigenvalue weighted by atomic mass is 16.1. The molecule has 0 radical (unpaired) electrons. The Balaban J connectivity index is 1.76. The highest BCUT2D eigenvalue weighted by Gasteiger charge is 2.34. The van der Waals surface area contributed by atoms with Crippen molar-refractivity contribution in [3.8, 4) is 0 Å². The van der Waals surface area contributed by atoms with Crippen molar-refractivity contribution in [1.82, 2.24) is 9.55 Å². The largest absolute Gasteiger partial charge is 0.369 e. The normalized spacial score (nSPS) is 18.9. The minimum Gasteiger partial charge on any atom is -0.369 e. The summed E-state index contributed by atoms with van der Waals surface area (Å²) in [5.41, 5.74) is 13.9. The Bertz CT molecular complexity index is 912. The van der Waals surface area contributed by atoms with Crippen LogP contribution in [0.4, 0.5) is 0 Å². The summed E-state index contributed by atoms with van der Waals surface area (Å²) in [7, 11) is 0. The number of benzene rings is 1. The van der Waals surface area contributed by atoms with Gasteiger partial charge in [-0.05, 0) is 55.0 Å². The van der Waals surface area contributed by atoms with Crippen molar-refractivity contribution in [2.45, 2.75) is 32.7 Å². The van der Waals surface area contributed by atoms with Crippen molar-refractivity contribution < 1.29 is 9.59 Å². The van der Waals surface area contributed by atoms with Gasteiger partial charge in [0.05, 0.1) is 11.7 Å². The number of aryl methyl sites for hydroxylation is 2. The van der Waals surface area contributed by atoms with Gasteiger partial charge in [0.2, 0.25) is 11.8 Å². The minimum atomic E-state index is -0.681. The van der Waals surface area contributed by atoms with E-state index in [9.17, 15) is 9.59 Å². The van der Waals surface area contributed by atoms with Crippen LogP contribution in [0, 0.1) is 12.3 Å². The van der Waals surface area contributed by atoms with E-state index in [2.05, 4.69) is 4.98 Å². The van der Waals surface area contributed by atoms with Gasteiger partial charge in [-0.15, -0.1) is 0 Å². The van der Waals surface area contributed by atoms with E-state index < -0.39 is 11.3 Å². The summed E-state index contributed by atoms with van der Waals surface area (Å²) < 4.78 is 1.99. The Morgan fingerprint density at radius 1 is 1.30 bits per heavy atom. The van der Waals surface area contributed by atoms with Gasteiger partial charge in [-0.3, -0.25) is 9.59 Å². The molecule has 1 aliphatic rings. The number of rotatable bonds is 7. The molecule has 1 heterocycles. The molecule has 1 aromatic heterocycles. The molecule has 1 aliphatic carbocycles. The zero-order chi connectivity index (χ0) is 19.4. The first-order chi connectivity index (χ1) is 12.9. The van der Waals surface area contributed by atoms with Gasteiger partial charge in [-0.1, -0.05) is 24.3 Å². The van der Waals surface area contributed by atoms with Gasteiger partial charge >= 0.3 is 0 Å². The van der Waals surface area contributed by atoms with E-state index in [1.807, 2.05) is 42.0 Å². The van der Waals surface area contributed by atoms with Gasteiger partial charge in [0.25, 0.3) is 0 Å². The SMILES string of the molecule is Cc1ccc(C(N)=O)cc1C1=CCC(CCCn2ccnc2)(C(N)=O)C=C1. The number of allylic oxidation sites excluding steroid dienone is 3. The average molecular weight is 364 g/mol. The third-order valence-electron chi connectivity index (χ3n) is 5.19. The van der Waals surface area contributed by atoms with Gasteiger partial charge < -0.3 is 16.0 Å². The number of hydrogen-bond acceptors (Lipinski definition) is 3. The van der Waals surface area contributed by atoms with E-state index >= 15 is 0 Å². The van der Waals surface area contributed by atoms with Crippen LogP contribution in [0.3, 0.4) is 0 Å². The van der Waals surface area contributed by atoms with Crippen LogP contribution in [0.15, 0.2) is 55.1 Å². The number of nitrogens with two attached hydrogens (primary N) is 2. The lowest BCUT2D eigenvalue weighted by molar-refractivity contribution is -0.125. The van der Waals surface area contributed by atoms with Crippen molar-refractivity contribution in [3.05, 3.63) is 71.8 Å². The molecule has 2 aromatic rings. The summed E-state index contributed by atoms with van der Waals surface area (Å²) in [4.78, 5) is 27.7. The molecule has 4 N–H and O–H groups in total. The van der Waals surface area contributed by atoms with E-state index in [1.165, 1.54) is 0 Å². The van der Waals surface area contributed by atoms with Crippen LogP contribution < -0.4 is 11.5 Å². The molecule has 1 atom stereocenters. The lowest BCUT2D eigenvalue weighted by Crippen LogP contribution is -2.36. The zero-order valence-electron chi connectivity index (χ0n) is 15.4. The highest BCUT2D eigenvalue weighted by Crippen LogP contribution is 2.37. The number of aromatic nitrogens is 2. The Labute approximate surface area is 158 Å². The number of imidazole rings is 1. The molecule has 0 saturated heterocycles. The van der Waals surface area contributed by atoms with Crippen LogP contribution >= 0.6 is 0 Å². The zero-order valence-corrected chi connectivity index (χ0v) is 15.4. The van der Waals surface area contributed by atoms with E-state index in [0.29, 0.717) is 18.4 Å². The molecule has 6 heteroatoms. The molecule has 140 valence electrons. The summed E-state index contributed by atoms with van der Waals surface area (Å²) in [5, 5.41) is 0. The topological polar surface area (TPSA) is 104 Å². The number of hydrogen-bond donors (Lipinski definition) is 2. The predicted octanol–water partition coefficient (Wildman–Crippen LogP) is 2.59. The monoisotopic (exact) mass is 364 g/mol. The smallest absolute Gasteiger partial charge is 0.248 e. The van der Waals surface area contributed by atoms with Gasteiger partial charge in [0.1, 0.15) is 0 Å². The fourth-order valence-electron chi connectivity index (χ4n) is 3.45. The molecule has 0 saturated carbocycles. The van der Waals surface area contributed by atoms with Crippen molar-refractivity contribution in [3.63, 3.8) is 0 Å². The average Bonchev–Trinajstić information content (AvgIpc) is 3.16. The maximum atomic E-state index is 12.2. The standard InChI is InChI=1S/C21H24N4O2/c1-15-3-4-17(19(22)26)13-18(15)16-5-8-21(9-6-16,20(23)27)7-2-11-25-12-10-24-14-25/h3-6,8,10,12-14H,2,7,9,11H2,1H3,(H2,22,26)(H2,23,27). The molecule has 0 spiro atoms. The van der Waals surface area contributed by atoms with Crippen molar-refractivity contribution in [2.24, 2.45) is 16.9 Å². The third kappa shape index (κ3) is 4.00. The number of amides is 2. The van der Waals surface area contributed by atoms with Crippen LogP contribution in [-0.4, -0.2) is 21.4 Å². The highest BCUT2D eigenvalue weighted by molar-refractivity contribution is 5.95. The lowest BCUT2D eigenvalue weighted by atomic mass is 9.75.